The van der Waals surface area contributed by atoms with Crippen molar-refractivity contribution in [2.75, 3.05) is 25.4 Å². The molecule has 2 atom stereocenters. The summed E-state index contributed by atoms with van der Waals surface area (Å²) in [6, 6.07) is -1.74. The number of hydrogen-bond acceptors (Lipinski definition) is 7. The SMILES string of the molecule is NCCCC[C@H](NC(=O)CNC(=O)[C@@H](N)CS)C(=O)NCC(=O)O. The van der Waals surface area contributed by atoms with Gasteiger partial charge in [-0.1, -0.05) is 0 Å². The van der Waals surface area contributed by atoms with Gasteiger partial charge in [0.05, 0.1) is 12.6 Å². The molecule has 0 aromatic rings. The third-order valence-corrected chi connectivity index (χ3v) is 3.36. The fraction of sp³-hybridized carbons (Fsp3) is 0.692. The molecule has 0 aliphatic carbocycles. The van der Waals surface area contributed by atoms with Gasteiger partial charge in [0.2, 0.25) is 17.7 Å². The van der Waals surface area contributed by atoms with Crippen LogP contribution >= 0.6 is 12.6 Å². The highest BCUT2D eigenvalue weighted by atomic mass is 32.1. The average molecular weight is 363 g/mol. The Balaban J connectivity index is 4.50. The van der Waals surface area contributed by atoms with Gasteiger partial charge in [-0.25, -0.2) is 0 Å². The molecule has 0 radical (unpaired) electrons. The standard InChI is InChI=1S/C13H25N5O5S/c14-4-2-1-3-9(13(23)17-6-11(20)21)18-10(19)5-16-12(22)8(15)7-24/h8-9,24H,1-7,14-15H2,(H,16,22)(H,17,23)(H,18,19)(H,20,21)/t8-,9-/m0/s1. The summed E-state index contributed by atoms with van der Waals surface area (Å²) >= 11 is 3.87. The van der Waals surface area contributed by atoms with E-state index in [1.54, 1.807) is 0 Å². The van der Waals surface area contributed by atoms with Gasteiger partial charge in [-0.05, 0) is 25.8 Å². The molecule has 0 fully saturated rings. The van der Waals surface area contributed by atoms with Gasteiger partial charge in [0, 0.05) is 5.75 Å². The zero-order valence-corrected chi connectivity index (χ0v) is 14.2. The summed E-state index contributed by atoms with van der Waals surface area (Å²) in [6.45, 7) is -0.454. The molecular weight excluding hydrogens is 338 g/mol. The first-order valence-electron chi connectivity index (χ1n) is 7.44. The maximum Gasteiger partial charge on any atom is 0.322 e. The van der Waals surface area contributed by atoms with Crippen molar-refractivity contribution in [2.24, 2.45) is 11.5 Å². The van der Waals surface area contributed by atoms with Crippen LogP contribution in [0.3, 0.4) is 0 Å². The number of carbonyl (C=O) groups is 4. The van der Waals surface area contributed by atoms with Crippen LogP contribution in [0.5, 0.6) is 0 Å². The first-order chi connectivity index (χ1) is 11.3. The molecule has 0 unspecified atom stereocenters. The van der Waals surface area contributed by atoms with Crippen molar-refractivity contribution < 1.29 is 24.3 Å². The monoisotopic (exact) mass is 363 g/mol. The van der Waals surface area contributed by atoms with Gasteiger partial charge in [0.15, 0.2) is 0 Å². The maximum absolute atomic E-state index is 11.9. The number of carboxylic acids is 1. The molecule has 0 saturated heterocycles. The summed E-state index contributed by atoms with van der Waals surface area (Å²) in [7, 11) is 0. The van der Waals surface area contributed by atoms with Crippen LogP contribution in [0.15, 0.2) is 0 Å². The molecule has 0 aliphatic heterocycles. The van der Waals surface area contributed by atoms with E-state index >= 15 is 0 Å². The van der Waals surface area contributed by atoms with Crippen molar-refractivity contribution in [1.82, 2.24) is 16.0 Å². The second kappa shape index (κ2) is 12.6. The van der Waals surface area contributed by atoms with Gasteiger partial charge in [0.1, 0.15) is 12.6 Å². The van der Waals surface area contributed by atoms with Crippen LogP contribution in [0.25, 0.3) is 0 Å². The lowest BCUT2D eigenvalue weighted by Gasteiger charge is -2.18. The number of aliphatic carboxylic acids is 1. The number of carboxylic acid groups (broad SMARTS) is 1. The van der Waals surface area contributed by atoms with Crippen LogP contribution < -0.4 is 27.4 Å². The minimum atomic E-state index is -1.19. The molecule has 24 heavy (non-hydrogen) atoms. The van der Waals surface area contributed by atoms with E-state index in [0.29, 0.717) is 25.8 Å². The van der Waals surface area contributed by atoms with E-state index in [-0.39, 0.29) is 12.3 Å². The van der Waals surface area contributed by atoms with Gasteiger partial charge in [-0.2, -0.15) is 12.6 Å². The lowest BCUT2D eigenvalue weighted by atomic mass is 10.1. The smallest absolute Gasteiger partial charge is 0.322 e. The van der Waals surface area contributed by atoms with Crippen molar-refractivity contribution in [3.63, 3.8) is 0 Å². The predicted octanol–water partition coefficient (Wildman–Crippen LogP) is -2.83. The number of unbranched alkanes of at least 4 members (excludes halogenated alkanes) is 1. The lowest BCUT2D eigenvalue weighted by Crippen LogP contribution is -2.51. The Morgan fingerprint density at radius 1 is 1.04 bits per heavy atom. The second-order valence-corrected chi connectivity index (χ2v) is 5.39. The summed E-state index contributed by atoms with van der Waals surface area (Å²) in [6.07, 6.45) is 1.55. The second-order valence-electron chi connectivity index (χ2n) is 5.02. The van der Waals surface area contributed by atoms with Crippen LogP contribution in [0.1, 0.15) is 19.3 Å². The van der Waals surface area contributed by atoms with Crippen molar-refractivity contribution >= 4 is 36.3 Å². The zero-order valence-electron chi connectivity index (χ0n) is 13.3. The summed E-state index contributed by atoms with van der Waals surface area (Å²) in [5, 5.41) is 15.6. The minimum absolute atomic E-state index is 0.132. The molecule has 0 bridgehead atoms. The Hall–Kier alpha value is -1.85. The van der Waals surface area contributed by atoms with Gasteiger partial charge in [0.25, 0.3) is 0 Å². The molecule has 8 N–H and O–H groups in total. The maximum atomic E-state index is 11.9. The minimum Gasteiger partial charge on any atom is -0.480 e. The highest BCUT2D eigenvalue weighted by Crippen LogP contribution is 2.01. The van der Waals surface area contributed by atoms with Gasteiger partial charge >= 0.3 is 5.97 Å². The number of rotatable bonds is 12. The van der Waals surface area contributed by atoms with Crippen molar-refractivity contribution in [3.8, 4) is 0 Å². The van der Waals surface area contributed by atoms with Crippen molar-refractivity contribution in [1.29, 1.82) is 0 Å². The third-order valence-electron chi connectivity index (χ3n) is 2.97. The fourth-order valence-corrected chi connectivity index (χ4v) is 1.84. The molecule has 0 heterocycles. The fourth-order valence-electron chi connectivity index (χ4n) is 1.67. The Labute approximate surface area is 145 Å². The molecular formula is C13H25N5O5S. The Morgan fingerprint density at radius 3 is 2.21 bits per heavy atom. The quantitative estimate of drug-likeness (QED) is 0.144. The molecule has 11 heteroatoms. The topological polar surface area (TPSA) is 177 Å². The lowest BCUT2D eigenvalue weighted by molar-refractivity contribution is -0.138. The number of hydrogen-bond donors (Lipinski definition) is 7. The van der Waals surface area contributed by atoms with E-state index in [2.05, 4.69) is 28.6 Å². The normalized spacial score (nSPS) is 12.8. The molecule has 0 aliphatic rings. The van der Waals surface area contributed by atoms with Crippen molar-refractivity contribution in [2.45, 2.75) is 31.3 Å². The molecule has 0 saturated carbocycles. The van der Waals surface area contributed by atoms with Gasteiger partial charge in [-0.15, -0.1) is 0 Å². The van der Waals surface area contributed by atoms with Crippen molar-refractivity contribution in [3.05, 3.63) is 0 Å². The molecule has 0 spiro atoms. The Kier molecular flexibility index (Phi) is 11.6. The highest BCUT2D eigenvalue weighted by Gasteiger charge is 2.21. The van der Waals surface area contributed by atoms with E-state index in [4.69, 9.17) is 16.6 Å². The van der Waals surface area contributed by atoms with Gasteiger partial charge in [-0.3, -0.25) is 19.2 Å². The van der Waals surface area contributed by atoms with Crippen LogP contribution in [-0.4, -0.2) is 66.3 Å². The summed E-state index contributed by atoms with van der Waals surface area (Å²) in [5.74, 6) is -2.79. The zero-order chi connectivity index (χ0) is 18.5. The molecule has 0 aromatic heterocycles. The molecule has 138 valence electrons. The summed E-state index contributed by atoms with van der Waals surface area (Å²) in [5.41, 5.74) is 10.8. The largest absolute Gasteiger partial charge is 0.480 e. The summed E-state index contributed by atoms with van der Waals surface area (Å²) in [4.78, 5) is 45.7. The third kappa shape index (κ3) is 10.0. The van der Waals surface area contributed by atoms with E-state index in [9.17, 15) is 19.2 Å². The van der Waals surface area contributed by atoms with Crippen LogP contribution in [0.2, 0.25) is 0 Å². The highest BCUT2D eigenvalue weighted by molar-refractivity contribution is 7.80. The Bertz CT molecular complexity index is 448. The van der Waals surface area contributed by atoms with E-state index in [1.165, 1.54) is 0 Å². The molecule has 10 nitrogen and oxygen atoms in total. The van der Waals surface area contributed by atoms with Crippen LogP contribution in [0.4, 0.5) is 0 Å². The number of nitrogens with two attached hydrogens (primary N) is 2. The number of nitrogens with one attached hydrogen (secondary N) is 3. The first-order valence-corrected chi connectivity index (χ1v) is 8.08. The molecule has 0 aromatic carbocycles. The van der Waals surface area contributed by atoms with E-state index in [1.807, 2.05) is 0 Å². The number of carbonyl (C=O) groups excluding carboxylic acids is 3. The molecule has 0 rings (SSSR count). The van der Waals surface area contributed by atoms with Crippen LogP contribution in [0, 0.1) is 0 Å². The predicted molar refractivity (Wildman–Crippen MR) is 90.3 cm³/mol. The van der Waals surface area contributed by atoms with E-state index < -0.39 is 42.3 Å². The number of thiol groups is 1. The summed E-state index contributed by atoms with van der Waals surface area (Å²) < 4.78 is 0. The van der Waals surface area contributed by atoms with E-state index in [0.717, 1.165) is 0 Å². The first kappa shape index (κ1) is 22.1. The van der Waals surface area contributed by atoms with Gasteiger partial charge < -0.3 is 32.5 Å². The number of amides is 3. The average Bonchev–Trinajstić information content (AvgIpc) is 2.55. The molecule has 3 amide bonds. The van der Waals surface area contributed by atoms with Crippen LogP contribution in [-0.2, 0) is 19.2 Å². The Morgan fingerprint density at radius 2 is 1.67 bits per heavy atom.